The lowest BCUT2D eigenvalue weighted by atomic mass is 9.78. The topological polar surface area (TPSA) is 9.23 Å². The van der Waals surface area contributed by atoms with E-state index in [9.17, 15) is 26.3 Å². The van der Waals surface area contributed by atoms with Crippen LogP contribution in [0, 0.1) is 17.8 Å². The van der Waals surface area contributed by atoms with E-state index in [0.29, 0.717) is 6.42 Å². The maximum absolute atomic E-state index is 13.0. The maximum Gasteiger partial charge on any atom is 0.426 e. The van der Waals surface area contributed by atoms with Crippen molar-refractivity contribution in [1.29, 1.82) is 0 Å². The maximum atomic E-state index is 13.0. The van der Waals surface area contributed by atoms with Gasteiger partial charge in [-0.3, -0.25) is 0 Å². The lowest BCUT2D eigenvalue weighted by molar-refractivity contribution is -0.383. The van der Waals surface area contributed by atoms with E-state index in [1.807, 2.05) is 0 Å². The fourth-order valence-electron chi connectivity index (χ4n) is 3.88. The number of alkyl halides is 7. The predicted molar refractivity (Wildman–Crippen MR) is 49.1 cm³/mol. The first-order valence-electron chi connectivity index (χ1n) is 5.55. The van der Waals surface area contributed by atoms with Crippen molar-refractivity contribution in [3.05, 3.63) is 0 Å². The molecule has 104 valence electrons. The minimum atomic E-state index is -5.46. The molecule has 0 spiro atoms. The molecule has 2 saturated carbocycles. The van der Waals surface area contributed by atoms with Gasteiger partial charge in [0.25, 0.3) is 5.60 Å². The Morgan fingerprint density at radius 2 is 1.56 bits per heavy atom. The van der Waals surface area contributed by atoms with Crippen molar-refractivity contribution in [2.45, 2.75) is 42.3 Å². The molecule has 0 N–H and O–H groups in total. The smallest absolute Gasteiger partial charge is 0.353 e. The number of halogens is 7. The van der Waals surface area contributed by atoms with Crippen LogP contribution in [0.1, 0.15) is 12.8 Å². The van der Waals surface area contributed by atoms with E-state index in [0.717, 1.165) is 0 Å². The lowest BCUT2D eigenvalue weighted by Gasteiger charge is -2.36. The van der Waals surface area contributed by atoms with Gasteiger partial charge in [0.15, 0.2) is 0 Å². The van der Waals surface area contributed by atoms with Gasteiger partial charge in [0.1, 0.15) is 0 Å². The molecule has 8 heteroatoms. The molecule has 1 heterocycles. The molecule has 18 heavy (non-hydrogen) atoms. The monoisotopic (exact) mass is 294 g/mol. The fraction of sp³-hybridized carbons (Fsp3) is 1.00. The zero-order valence-corrected chi connectivity index (χ0v) is 9.61. The third-order valence-corrected chi connectivity index (χ3v) is 5.13. The molecular weight excluding hydrogens is 286 g/mol. The molecule has 1 saturated heterocycles. The van der Waals surface area contributed by atoms with Crippen LogP contribution in [0.25, 0.3) is 0 Å². The predicted octanol–water partition coefficient (Wildman–Crippen LogP) is 3.51. The summed E-state index contributed by atoms with van der Waals surface area (Å²) in [7, 11) is 0. The number of ether oxygens (including phenoxy) is 1. The molecule has 0 aromatic heterocycles. The first-order valence-corrected chi connectivity index (χ1v) is 5.98. The lowest BCUT2D eigenvalue weighted by Crippen LogP contribution is -2.60. The number of fused-ring (bicyclic) bond motifs is 1. The Kier molecular flexibility index (Phi) is 2.34. The zero-order chi connectivity index (χ0) is 13.5. The van der Waals surface area contributed by atoms with Gasteiger partial charge in [-0.1, -0.05) is 0 Å². The quantitative estimate of drug-likeness (QED) is 0.491. The van der Waals surface area contributed by atoms with Gasteiger partial charge in [0.05, 0.1) is 11.5 Å². The molecule has 0 amide bonds. The highest BCUT2D eigenvalue weighted by molar-refractivity contribution is 6.21. The van der Waals surface area contributed by atoms with Crippen molar-refractivity contribution in [3.8, 4) is 0 Å². The average Bonchev–Trinajstić information content (AvgIpc) is 2.72. The van der Waals surface area contributed by atoms with Crippen molar-refractivity contribution in [1.82, 2.24) is 0 Å². The van der Waals surface area contributed by atoms with Crippen molar-refractivity contribution >= 4 is 11.6 Å². The van der Waals surface area contributed by atoms with E-state index in [1.54, 1.807) is 0 Å². The van der Waals surface area contributed by atoms with Crippen LogP contribution in [-0.2, 0) is 4.74 Å². The van der Waals surface area contributed by atoms with Crippen LogP contribution < -0.4 is 0 Å². The summed E-state index contributed by atoms with van der Waals surface area (Å²) in [6, 6.07) is 0. The molecule has 0 aromatic rings. The summed E-state index contributed by atoms with van der Waals surface area (Å²) in [6.45, 7) is 0. The summed E-state index contributed by atoms with van der Waals surface area (Å²) in [4.78, 5) is 0. The van der Waals surface area contributed by atoms with Gasteiger partial charge in [-0.05, 0) is 24.7 Å². The van der Waals surface area contributed by atoms with Gasteiger partial charge in [0, 0.05) is 5.92 Å². The molecule has 1 aliphatic heterocycles. The van der Waals surface area contributed by atoms with Gasteiger partial charge in [0.2, 0.25) is 0 Å². The average molecular weight is 295 g/mol. The van der Waals surface area contributed by atoms with Crippen LogP contribution in [0.15, 0.2) is 0 Å². The molecule has 0 aromatic carbocycles. The van der Waals surface area contributed by atoms with Gasteiger partial charge in [-0.25, -0.2) is 0 Å². The Morgan fingerprint density at radius 3 is 1.94 bits per heavy atom. The molecule has 3 fully saturated rings. The third kappa shape index (κ3) is 1.25. The highest BCUT2D eigenvalue weighted by Crippen LogP contribution is 2.68. The Bertz CT molecular complexity index is 364. The first kappa shape index (κ1) is 12.8. The van der Waals surface area contributed by atoms with E-state index in [1.165, 1.54) is 0 Å². The van der Waals surface area contributed by atoms with E-state index >= 15 is 0 Å². The highest BCUT2D eigenvalue weighted by atomic mass is 35.5. The molecular formula is C10H9ClF6O. The number of hydrogen-bond donors (Lipinski definition) is 0. The molecule has 3 aliphatic rings. The molecule has 3 rings (SSSR count). The fourth-order valence-corrected chi connectivity index (χ4v) is 4.32. The van der Waals surface area contributed by atoms with E-state index in [-0.39, 0.29) is 12.3 Å². The van der Waals surface area contributed by atoms with Crippen LogP contribution in [0.5, 0.6) is 0 Å². The summed E-state index contributed by atoms with van der Waals surface area (Å²) < 4.78 is 82.4. The standard InChI is InChI=1S/C10H9ClF6O/c11-6-3-1-4-5(2-3)8(9(12,13)14,10(15,16)17)18-7(4)6/h3-7H,1-2H2/t3-,4-,5?,6?,7?/m0/s1. The SMILES string of the molecule is FC(F)(F)C1(C(F)(F)F)OC2C(Cl)[C@@H]3CC1[C@@H]2C3. The summed E-state index contributed by atoms with van der Waals surface area (Å²) >= 11 is 5.87. The number of hydrogen-bond acceptors (Lipinski definition) is 1. The molecule has 0 radical (unpaired) electrons. The van der Waals surface area contributed by atoms with Gasteiger partial charge in [-0.15, -0.1) is 11.6 Å². The molecule has 3 unspecified atom stereocenters. The Labute approximate surface area is 103 Å². The van der Waals surface area contributed by atoms with Crippen molar-refractivity contribution in [2.75, 3.05) is 0 Å². The van der Waals surface area contributed by atoms with E-state index < -0.39 is 41.3 Å². The summed E-state index contributed by atoms with van der Waals surface area (Å²) in [5, 5.41) is -0.738. The normalized spacial score (nSPS) is 45.8. The summed E-state index contributed by atoms with van der Waals surface area (Å²) in [5.74, 6) is -2.55. The van der Waals surface area contributed by atoms with Crippen LogP contribution in [0.4, 0.5) is 26.3 Å². The summed E-state index contributed by atoms with van der Waals surface area (Å²) in [6.07, 6.45) is -11.9. The molecule has 2 aliphatic carbocycles. The first-order chi connectivity index (χ1) is 8.09. The van der Waals surface area contributed by atoms with Gasteiger partial charge >= 0.3 is 12.4 Å². The van der Waals surface area contributed by atoms with Crippen LogP contribution in [0.3, 0.4) is 0 Å². The number of rotatable bonds is 0. The van der Waals surface area contributed by atoms with Crippen molar-refractivity contribution in [3.63, 3.8) is 0 Å². The second-order valence-electron chi connectivity index (χ2n) is 5.26. The minimum absolute atomic E-state index is 0.158. The Hall–Kier alpha value is -0.170. The second-order valence-corrected chi connectivity index (χ2v) is 5.76. The second kappa shape index (κ2) is 3.29. The van der Waals surface area contributed by atoms with Crippen LogP contribution in [0.2, 0.25) is 0 Å². The van der Waals surface area contributed by atoms with Crippen LogP contribution in [-0.4, -0.2) is 29.4 Å². The van der Waals surface area contributed by atoms with Crippen molar-refractivity contribution < 1.29 is 31.1 Å². The minimum Gasteiger partial charge on any atom is -0.353 e. The molecule has 5 atom stereocenters. The zero-order valence-electron chi connectivity index (χ0n) is 8.85. The van der Waals surface area contributed by atoms with E-state index in [4.69, 9.17) is 11.6 Å². The highest BCUT2D eigenvalue weighted by Gasteiger charge is 2.83. The van der Waals surface area contributed by atoms with E-state index in [2.05, 4.69) is 4.74 Å². The Balaban J connectivity index is 2.09. The van der Waals surface area contributed by atoms with Crippen LogP contribution >= 0.6 is 11.6 Å². The van der Waals surface area contributed by atoms with Gasteiger partial charge < -0.3 is 4.74 Å². The third-order valence-electron chi connectivity index (χ3n) is 4.52. The Morgan fingerprint density at radius 1 is 1.00 bits per heavy atom. The summed E-state index contributed by atoms with van der Waals surface area (Å²) in [5.41, 5.74) is -4.02. The van der Waals surface area contributed by atoms with Crippen molar-refractivity contribution in [2.24, 2.45) is 17.8 Å². The molecule has 2 bridgehead atoms. The van der Waals surface area contributed by atoms with Gasteiger partial charge in [-0.2, -0.15) is 26.3 Å². The molecule has 1 nitrogen and oxygen atoms in total. The largest absolute Gasteiger partial charge is 0.426 e.